The molecule has 2 aromatic rings. The first-order valence-corrected chi connectivity index (χ1v) is 17.0. The summed E-state index contributed by atoms with van der Waals surface area (Å²) in [5.74, 6) is 0.784. The van der Waals surface area contributed by atoms with Gasteiger partial charge >= 0.3 is 6.09 Å². The highest BCUT2D eigenvalue weighted by Gasteiger charge is 2.28. The Morgan fingerprint density at radius 1 is 0.543 bits per heavy atom. The second-order valence-electron chi connectivity index (χ2n) is 10.6. The van der Waals surface area contributed by atoms with Gasteiger partial charge in [0.1, 0.15) is 6.61 Å². The van der Waals surface area contributed by atoms with Crippen molar-refractivity contribution in [2.75, 3.05) is 112 Å². The van der Waals surface area contributed by atoms with Crippen molar-refractivity contribution in [1.82, 2.24) is 5.32 Å². The topological polar surface area (TPSA) is 103 Å². The molecule has 0 saturated heterocycles. The molecule has 0 atom stereocenters. The number of amides is 1. The zero-order valence-corrected chi connectivity index (χ0v) is 27.9. The Morgan fingerprint density at radius 2 is 0.957 bits per heavy atom. The third-order valence-electron chi connectivity index (χ3n) is 7.26. The molecule has 258 valence electrons. The maximum absolute atomic E-state index is 12.2. The number of alkyl carbamates (subject to hydrolysis) is 1. The van der Waals surface area contributed by atoms with E-state index in [2.05, 4.69) is 29.6 Å². The third-order valence-corrected chi connectivity index (χ3v) is 7.53. The van der Waals surface area contributed by atoms with Gasteiger partial charge in [-0.05, 0) is 35.1 Å². The van der Waals surface area contributed by atoms with Crippen LogP contribution in [0.5, 0.6) is 0 Å². The lowest BCUT2D eigenvalue weighted by atomic mass is 9.98. The standard InChI is InChI=1S/C35H52ClNO9/c36-13-7-1-2-8-15-39-17-19-41-21-23-43-25-27-45-28-26-44-24-22-42-20-18-40-16-14-37-35(38)46-29-34-32-11-5-3-9-30(32)31-10-4-6-12-33(31)34/h3-6,9-12,34H,1-2,7-8,13-29H2,(H,37,38). The van der Waals surface area contributed by atoms with Gasteiger partial charge in [0.05, 0.1) is 85.9 Å². The molecule has 0 radical (unpaired) electrons. The average Bonchev–Trinajstić information content (AvgIpc) is 3.40. The number of nitrogens with one attached hydrogen (secondary N) is 1. The first-order valence-electron chi connectivity index (χ1n) is 16.5. The van der Waals surface area contributed by atoms with Gasteiger partial charge in [-0.15, -0.1) is 11.6 Å². The smallest absolute Gasteiger partial charge is 0.407 e. The summed E-state index contributed by atoms with van der Waals surface area (Å²) in [5.41, 5.74) is 4.79. The Kier molecular flexibility index (Phi) is 21.4. The van der Waals surface area contributed by atoms with Crippen LogP contribution in [0.3, 0.4) is 0 Å². The van der Waals surface area contributed by atoms with Gasteiger partial charge < -0.3 is 43.2 Å². The summed E-state index contributed by atoms with van der Waals surface area (Å²) in [5, 5.41) is 2.74. The Labute approximate surface area is 279 Å². The fourth-order valence-electron chi connectivity index (χ4n) is 4.95. The Morgan fingerprint density at radius 3 is 1.43 bits per heavy atom. The van der Waals surface area contributed by atoms with Crippen LogP contribution in [0.2, 0.25) is 0 Å². The number of benzene rings is 2. The molecule has 0 aromatic heterocycles. The minimum absolute atomic E-state index is 0.0436. The fraction of sp³-hybridized carbons (Fsp3) is 0.629. The zero-order valence-electron chi connectivity index (χ0n) is 27.1. The molecule has 0 bridgehead atoms. The van der Waals surface area contributed by atoms with Gasteiger partial charge in [0.2, 0.25) is 0 Å². The van der Waals surface area contributed by atoms with Crippen LogP contribution in [0.15, 0.2) is 48.5 Å². The molecule has 1 aliphatic rings. The number of rotatable bonds is 29. The van der Waals surface area contributed by atoms with E-state index >= 15 is 0 Å². The van der Waals surface area contributed by atoms with E-state index in [1.54, 1.807) is 0 Å². The van der Waals surface area contributed by atoms with Crippen LogP contribution in [0.4, 0.5) is 4.79 Å². The normalized spacial score (nSPS) is 12.3. The highest BCUT2D eigenvalue weighted by molar-refractivity contribution is 6.17. The summed E-state index contributed by atoms with van der Waals surface area (Å²) in [4.78, 5) is 12.2. The molecule has 0 fully saturated rings. The predicted molar refractivity (Wildman–Crippen MR) is 178 cm³/mol. The van der Waals surface area contributed by atoms with Crippen molar-refractivity contribution in [1.29, 1.82) is 0 Å². The lowest BCUT2D eigenvalue weighted by Gasteiger charge is -2.14. The van der Waals surface area contributed by atoms with Gasteiger partial charge in [-0.3, -0.25) is 0 Å². The lowest BCUT2D eigenvalue weighted by Crippen LogP contribution is -2.29. The Bertz CT molecular complexity index is 1010. The molecular formula is C35H52ClNO9. The van der Waals surface area contributed by atoms with Crippen LogP contribution in [0, 0.1) is 0 Å². The number of carbonyl (C=O) groups is 1. The third kappa shape index (κ3) is 16.0. The van der Waals surface area contributed by atoms with E-state index in [1.165, 1.54) is 28.7 Å². The quantitative estimate of drug-likeness (QED) is 0.0899. The van der Waals surface area contributed by atoms with E-state index in [0.29, 0.717) is 99.0 Å². The minimum atomic E-state index is -0.446. The van der Waals surface area contributed by atoms with Crippen molar-refractivity contribution in [3.63, 3.8) is 0 Å². The Balaban J connectivity index is 1.00. The molecule has 0 aliphatic heterocycles. The molecule has 0 saturated carbocycles. The van der Waals surface area contributed by atoms with Crippen LogP contribution in [-0.2, 0) is 37.9 Å². The monoisotopic (exact) mass is 665 g/mol. The van der Waals surface area contributed by atoms with Crippen LogP contribution >= 0.6 is 11.6 Å². The molecule has 3 rings (SSSR count). The first kappa shape index (κ1) is 38.2. The van der Waals surface area contributed by atoms with Gasteiger partial charge in [0, 0.05) is 24.9 Å². The van der Waals surface area contributed by atoms with Crippen molar-refractivity contribution < 1.29 is 42.7 Å². The van der Waals surface area contributed by atoms with Gasteiger partial charge in [-0.2, -0.15) is 0 Å². The summed E-state index contributed by atoms with van der Waals surface area (Å²) in [7, 11) is 0. The molecule has 1 N–H and O–H groups in total. The van der Waals surface area contributed by atoms with E-state index in [4.69, 9.17) is 49.5 Å². The van der Waals surface area contributed by atoms with Crippen molar-refractivity contribution >= 4 is 17.7 Å². The number of hydrogen-bond acceptors (Lipinski definition) is 9. The van der Waals surface area contributed by atoms with Crippen molar-refractivity contribution in [3.8, 4) is 11.1 Å². The van der Waals surface area contributed by atoms with E-state index in [0.717, 1.165) is 31.7 Å². The molecule has 0 heterocycles. The van der Waals surface area contributed by atoms with Gasteiger partial charge in [-0.25, -0.2) is 4.79 Å². The molecule has 1 aliphatic carbocycles. The maximum Gasteiger partial charge on any atom is 0.407 e. The summed E-state index contributed by atoms with van der Waals surface area (Å²) < 4.78 is 44.0. The number of fused-ring (bicyclic) bond motifs is 3. The van der Waals surface area contributed by atoms with Crippen LogP contribution in [-0.4, -0.2) is 118 Å². The van der Waals surface area contributed by atoms with Crippen molar-refractivity contribution in [2.45, 2.75) is 31.6 Å². The molecule has 10 nitrogen and oxygen atoms in total. The number of unbranched alkanes of at least 4 members (excludes halogenated alkanes) is 3. The number of carbonyl (C=O) groups excluding carboxylic acids is 1. The number of hydrogen-bond donors (Lipinski definition) is 1. The average molecular weight is 666 g/mol. The Hall–Kier alpha value is -2.28. The van der Waals surface area contributed by atoms with E-state index < -0.39 is 6.09 Å². The maximum atomic E-state index is 12.2. The van der Waals surface area contributed by atoms with Crippen LogP contribution in [0.1, 0.15) is 42.7 Å². The SMILES string of the molecule is O=C(NCCOCCOCCOCCOCCOCCOCCOCCCCCCCl)OCC1c2ccccc2-c2ccccc21. The largest absolute Gasteiger partial charge is 0.449 e. The summed E-state index contributed by atoms with van der Waals surface area (Å²) >= 11 is 5.66. The van der Waals surface area contributed by atoms with Crippen molar-refractivity contribution in [3.05, 3.63) is 59.7 Å². The molecule has 0 spiro atoms. The second kappa shape index (κ2) is 25.8. The first-order chi connectivity index (χ1) is 22.8. The highest BCUT2D eigenvalue weighted by atomic mass is 35.5. The van der Waals surface area contributed by atoms with Gasteiger partial charge in [0.25, 0.3) is 0 Å². The second-order valence-corrected chi connectivity index (χ2v) is 11.0. The highest BCUT2D eigenvalue weighted by Crippen LogP contribution is 2.44. The molecule has 0 unspecified atom stereocenters. The molecular weight excluding hydrogens is 614 g/mol. The molecule has 2 aromatic carbocycles. The summed E-state index contributed by atoms with van der Waals surface area (Å²) in [6.45, 7) is 7.98. The van der Waals surface area contributed by atoms with Gasteiger partial charge in [0.15, 0.2) is 0 Å². The van der Waals surface area contributed by atoms with Crippen LogP contribution in [0.25, 0.3) is 11.1 Å². The summed E-state index contributed by atoms with van der Waals surface area (Å²) in [6.07, 6.45) is 4.04. The van der Waals surface area contributed by atoms with Crippen LogP contribution < -0.4 is 5.32 Å². The van der Waals surface area contributed by atoms with Gasteiger partial charge in [-0.1, -0.05) is 61.4 Å². The van der Waals surface area contributed by atoms with E-state index in [1.807, 2.05) is 24.3 Å². The fourth-order valence-corrected chi connectivity index (χ4v) is 5.14. The van der Waals surface area contributed by atoms with E-state index in [9.17, 15) is 4.79 Å². The zero-order chi connectivity index (χ0) is 32.3. The van der Waals surface area contributed by atoms with E-state index in [-0.39, 0.29) is 5.92 Å². The predicted octanol–water partition coefficient (Wildman–Crippen LogP) is 5.44. The number of alkyl halides is 1. The summed E-state index contributed by atoms with van der Waals surface area (Å²) in [6, 6.07) is 16.5. The molecule has 1 amide bonds. The number of ether oxygens (including phenoxy) is 8. The van der Waals surface area contributed by atoms with Crippen molar-refractivity contribution in [2.24, 2.45) is 0 Å². The molecule has 46 heavy (non-hydrogen) atoms. The minimum Gasteiger partial charge on any atom is -0.449 e. The number of halogens is 1. The molecule has 11 heteroatoms. The lowest BCUT2D eigenvalue weighted by molar-refractivity contribution is -0.0204.